The normalized spacial score (nSPS) is 19.0. The average molecular weight is 345 g/mol. The molecule has 2 fully saturated rings. The number of urea groups is 1. The van der Waals surface area contributed by atoms with E-state index in [-0.39, 0.29) is 11.9 Å². The summed E-state index contributed by atoms with van der Waals surface area (Å²) in [4.78, 5) is 28.8. The highest BCUT2D eigenvalue weighted by atomic mass is 16.5. The van der Waals surface area contributed by atoms with Crippen LogP contribution in [-0.4, -0.2) is 61.1 Å². The molecule has 6 nitrogen and oxygen atoms in total. The van der Waals surface area contributed by atoms with Gasteiger partial charge < -0.3 is 19.9 Å². The van der Waals surface area contributed by atoms with Gasteiger partial charge in [-0.15, -0.1) is 0 Å². The molecule has 1 N–H and O–H groups in total. The van der Waals surface area contributed by atoms with Crippen molar-refractivity contribution in [1.82, 2.24) is 9.80 Å². The van der Waals surface area contributed by atoms with Gasteiger partial charge in [-0.1, -0.05) is 25.3 Å². The summed E-state index contributed by atoms with van der Waals surface area (Å²) in [5.41, 5.74) is 1.28. The number of carbonyl (C=O) groups is 2. The number of nitrogens with zero attached hydrogens (tertiary/aromatic N) is 2. The van der Waals surface area contributed by atoms with Crippen LogP contribution in [-0.2, 0) is 4.74 Å². The Hall–Kier alpha value is -2.08. The van der Waals surface area contributed by atoms with Crippen molar-refractivity contribution >= 4 is 17.6 Å². The van der Waals surface area contributed by atoms with E-state index in [1.807, 2.05) is 17.0 Å². The molecular weight excluding hydrogens is 318 g/mol. The number of anilines is 1. The summed E-state index contributed by atoms with van der Waals surface area (Å²) in [6, 6.07) is 7.14. The van der Waals surface area contributed by atoms with Gasteiger partial charge in [0.1, 0.15) is 0 Å². The lowest BCUT2D eigenvalue weighted by Crippen LogP contribution is -2.40. The van der Waals surface area contributed by atoms with Gasteiger partial charge >= 0.3 is 6.03 Å². The Morgan fingerprint density at radius 2 is 1.56 bits per heavy atom. The van der Waals surface area contributed by atoms with Crippen LogP contribution in [0.5, 0.6) is 0 Å². The van der Waals surface area contributed by atoms with Gasteiger partial charge in [0, 0.05) is 37.4 Å². The van der Waals surface area contributed by atoms with Gasteiger partial charge in [-0.2, -0.15) is 0 Å². The first-order valence-electron chi connectivity index (χ1n) is 9.27. The second-order valence-corrected chi connectivity index (χ2v) is 6.67. The van der Waals surface area contributed by atoms with Crippen LogP contribution in [0.4, 0.5) is 10.5 Å². The fourth-order valence-corrected chi connectivity index (χ4v) is 3.33. The molecule has 3 rings (SSSR count). The van der Waals surface area contributed by atoms with Gasteiger partial charge in [0.05, 0.1) is 13.2 Å². The Morgan fingerprint density at radius 1 is 0.880 bits per heavy atom. The average Bonchev–Trinajstić information content (AvgIpc) is 2.61. The van der Waals surface area contributed by atoms with Gasteiger partial charge in [0.15, 0.2) is 0 Å². The number of benzene rings is 1. The Kier molecular flexibility index (Phi) is 6.28. The molecule has 2 aliphatic heterocycles. The minimum Gasteiger partial charge on any atom is -0.378 e. The third-order valence-electron chi connectivity index (χ3n) is 4.80. The first kappa shape index (κ1) is 17.7. The number of hydrogen-bond acceptors (Lipinski definition) is 3. The molecule has 0 aromatic heterocycles. The Balaban J connectivity index is 1.62. The van der Waals surface area contributed by atoms with E-state index in [4.69, 9.17) is 4.74 Å². The largest absolute Gasteiger partial charge is 0.378 e. The summed E-state index contributed by atoms with van der Waals surface area (Å²) < 4.78 is 5.29. The maximum absolute atomic E-state index is 12.6. The van der Waals surface area contributed by atoms with Gasteiger partial charge in [0.25, 0.3) is 5.91 Å². The van der Waals surface area contributed by atoms with Crippen LogP contribution >= 0.6 is 0 Å². The van der Waals surface area contributed by atoms with Crippen LogP contribution in [0.1, 0.15) is 42.5 Å². The number of ether oxygens (including phenoxy) is 1. The highest BCUT2D eigenvalue weighted by molar-refractivity contribution is 5.97. The van der Waals surface area contributed by atoms with E-state index in [1.165, 1.54) is 19.3 Å². The van der Waals surface area contributed by atoms with Crippen molar-refractivity contribution in [3.63, 3.8) is 0 Å². The monoisotopic (exact) mass is 345 g/mol. The van der Waals surface area contributed by atoms with Crippen LogP contribution in [0.25, 0.3) is 0 Å². The van der Waals surface area contributed by atoms with Crippen LogP contribution < -0.4 is 5.32 Å². The molecular formula is C19H27N3O3. The standard InChI is InChI=1S/C19H27N3O3/c23-18(21-11-13-25-14-12-21)16-7-6-8-17(15-16)20-19(24)22-9-4-2-1-3-5-10-22/h6-8,15H,1-5,9-14H2,(H,20,24). The molecule has 1 aromatic rings. The maximum Gasteiger partial charge on any atom is 0.321 e. The molecule has 0 saturated carbocycles. The molecule has 3 amide bonds. The topological polar surface area (TPSA) is 61.9 Å². The predicted molar refractivity (Wildman–Crippen MR) is 96.8 cm³/mol. The molecule has 25 heavy (non-hydrogen) atoms. The van der Waals surface area contributed by atoms with Crippen molar-refractivity contribution in [2.75, 3.05) is 44.7 Å². The molecule has 0 spiro atoms. The molecule has 136 valence electrons. The first-order chi connectivity index (χ1) is 12.2. The number of likely N-dealkylation sites (tertiary alicyclic amines) is 1. The molecule has 0 aliphatic carbocycles. The smallest absolute Gasteiger partial charge is 0.321 e. The number of morpholine rings is 1. The van der Waals surface area contributed by atoms with E-state index in [1.54, 1.807) is 17.0 Å². The third-order valence-corrected chi connectivity index (χ3v) is 4.80. The quantitative estimate of drug-likeness (QED) is 0.896. The number of nitrogens with one attached hydrogen (secondary N) is 1. The lowest BCUT2D eigenvalue weighted by molar-refractivity contribution is 0.0303. The fraction of sp³-hybridized carbons (Fsp3) is 0.579. The van der Waals surface area contributed by atoms with Gasteiger partial charge in [-0.05, 0) is 31.0 Å². The summed E-state index contributed by atoms with van der Waals surface area (Å²) in [5, 5.41) is 2.95. The van der Waals surface area contributed by atoms with Crippen LogP contribution in [0.2, 0.25) is 0 Å². The van der Waals surface area contributed by atoms with E-state index in [2.05, 4.69) is 5.32 Å². The maximum atomic E-state index is 12.6. The molecule has 0 radical (unpaired) electrons. The molecule has 2 saturated heterocycles. The lowest BCUT2D eigenvalue weighted by atomic mass is 10.1. The van der Waals surface area contributed by atoms with Crippen molar-refractivity contribution in [3.05, 3.63) is 29.8 Å². The summed E-state index contributed by atoms with van der Waals surface area (Å²) in [6.45, 7) is 4.00. The van der Waals surface area contributed by atoms with E-state index >= 15 is 0 Å². The molecule has 0 atom stereocenters. The van der Waals surface area contributed by atoms with Crippen LogP contribution in [0.15, 0.2) is 24.3 Å². The molecule has 2 aliphatic rings. The molecule has 1 aromatic carbocycles. The second-order valence-electron chi connectivity index (χ2n) is 6.67. The molecule has 6 heteroatoms. The zero-order valence-electron chi connectivity index (χ0n) is 14.7. The zero-order chi connectivity index (χ0) is 17.5. The molecule has 2 heterocycles. The minimum absolute atomic E-state index is 0.00865. The Bertz CT molecular complexity index is 591. The van der Waals surface area contributed by atoms with Gasteiger partial charge in [-0.25, -0.2) is 4.79 Å². The second kappa shape index (κ2) is 8.85. The minimum atomic E-state index is -0.0714. The molecule has 0 unspecified atom stereocenters. The summed E-state index contributed by atoms with van der Waals surface area (Å²) >= 11 is 0. The number of rotatable bonds is 2. The summed E-state index contributed by atoms with van der Waals surface area (Å²) in [6.07, 6.45) is 5.76. The van der Waals surface area contributed by atoms with E-state index in [0.29, 0.717) is 37.6 Å². The number of carbonyl (C=O) groups excluding carboxylic acids is 2. The van der Waals surface area contributed by atoms with Crippen LogP contribution in [0.3, 0.4) is 0 Å². The van der Waals surface area contributed by atoms with E-state index in [9.17, 15) is 9.59 Å². The highest BCUT2D eigenvalue weighted by Gasteiger charge is 2.19. The van der Waals surface area contributed by atoms with Gasteiger partial charge in [-0.3, -0.25) is 4.79 Å². The van der Waals surface area contributed by atoms with Crippen molar-refractivity contribution in [2.24, 2.45) is 0 Å². The van der Waals surface area contributed by atoms with Crippen molar-refractivity contribution in [2.45, 2.75) is 32.1 Å². The Morgan fingerprint density at radius 3 is 2.28 bits per heavy atom. The van der Waals surface area contributed by atoms with E-state index in [0.717, 1.165) is 25.9 Å². The lowest BCUT2D eigenvalue weighted by Gasteiger charge is -2.27. The van der Waals surface area contributed by atoms with Crippen molar-refractivity contribution in [1.29, 1.82) is 0 Å². The van der Waals surface area contributed by atoms with Gasteiger partial charge in [0.2, 0.25) is 0 Å². The highest BCUT2D eigenvalue weighted by Crippen LogP contribution is 2.16. The Labute approximate surface area is 149 Å². The number of amides is 3. The summed E-state index contributed by atoms with van der Waals surface area (Å²) in [5.74, 6) is -0.00865. The summed E-state index contributed by atoms with van der Waals surface area (Å²) in [7, 11) is 0. The first-order valence-corrected chi connectivity index (χ1v) is 9.27. The van der Waals surface area contributed by atoms with Crippen molar-refractivity contribution < 1.29 is 14.3 Å². The predicted octanol–water partition coefficient (Wildman–Crippen LogP) is 2.96. The third kappa shape index (κ3) is 4.95. The zero-order valence-corrected chi connectivity index (χ0v) is 14.7. The fourth-order valence-electron chi connectivity index (χ4n) is 3.33. The van der Waals surface area contributed by atoms with E-state index < -0.39 is 0 Å². The molecule has 0 bridgehead atoms. The SMILES string of the molecule is O=C(Nc1cccc(C(=O)N2CCOCC2)c1)N1CCCCCCC1. The van der Waals surface area contributed by atoms with Crippen LogP contribution in [0, 0.1) is 0 Å². The number of hydrogen-bond donors (Lipinski definition) is 1. The van der Waals surface area contributed by atoms with Crippen molar-refractivity contribution in [3.8, 4) is 0 Å².